The van der Waals surface area contributed by atoms with Crippen molar-refractivity contribution in [2.24, 2.45) is 11.5 Å². The predicted octanol–water partition coefficient (Wildman–Crippen LogP) is -3.15. The summed E-state index contributed by atoms with van der Waals surface area (Å²) in [6.45, 7) is 2.61. The van der Waals surface area contributed by atoms with Crippen molar-refractivity contribution in [2.45, 2.75) is 113 Å². The molecule has 2 aromatic carbocycles. The number of benzene rings is 2. The van der Waals surface area contributed by atoms with Crippen LogP contribution in [0.1, 0.15) is 57.1 Å². The molecule has 2 aliphatic rings. The molecule has 13 N–H and O–H groups in total. The van der Waals surface area contributed by atoms with Crippen LogP contribution in [-0.2, 0) is 51.2 Å². The predicted molar refractivity (Wildman–Crippen MR) is 214 cm³/mol. The zero-order valence-electron chi connectivity index (χ0n) is 33.7. The lowest BCUT2D eigenvalue weighted by Crippen LogP contribution is -2.63. The van der Waals surface area contributed by atoms with Crippen LogP contribution in [0.15, 0.2) is 48.5 Å². The van der Waals surface area contributed by atoms with E-state index in [0.29, 0.717) is 24.0 Å². The van der Waals surface area contributed by atoms with E-state index in [4.69, 9.17) is 11.5 Å². The molecule has 2 aromatic rings. The Hall–Kier alpha value is -6.32. The number of nitrogens with two attached hydrogens (primary N) is 2. The van der Waals surface area contributed by atoms with Crippen molar-refractivity contribution in [1.82, 2.24) is 31.1 Å². The number of nitrogens with zero attached hydrogens (tertiary/aromatic N) is 2. The normalized spacial score (nSPS) is 19.6. The number of aliphatic hydroxyl groups excluding tert-OH is 2. The van der Waals surface area contributed by atoms with Gasteiger partial charge in [0, 0.05) is 25.9 Å². The molecule has 2 heterocycles. The summed E-state index contributed by atoms with van der Waals surface area (Å²) >= 11 is 0. The summed E-state index contributed by atoms with van der Waals surface area (Å²) in [5, 5.41) is 60.6. The van der Waals surface area contributed by atoms with Crippen molar-refractivity contribution in [1.29, 1.82) is 0 Å². The number of aliphatic carboxylic acids is 1. The van der Waals surface area contributed by atoms with Crippen LogP contribution in [0.5, 0.6) is 11.5 Å². The maximum absolute atomic E-state index is 14.1. The molecule has 4 rings (SSSR count). The summed E-state index contributed by atoms with van der Waals surface area (Å²) in [5.41, 5.74) is 11.9. The van der Waals surface area contributed by atoms with E-state index in [1.807, 2.05) is 0 Å². The first kappa shape index (κ1) is 47.4. The minimum atomic E-state index is -1.75. The zero-order chi connectivity index (χ0) is 45.1. The molecule has 332 valence electrons. The minimum absolute atomic E-state index is 0.0648. The molecule has 2 saturated heterocycles. The van der Waals surface area contributed by atoms with Crippen LogP contribution in [0.4, 0.5) is 0 Å². The second kappa shape index (κ2) is 21.3. The van der Waals surface area contributed by atoms with Crippen molar-refractivity contribution >= 4 is 47.3 Å². The quantitative estimate of drug-likeness (QED) is 0.0666. The topological polar surface area (TPSA) is 344 Å². The van der Waals surface area contributed by atoms with Crippen molar-refractivity contribution in [3.05, 3.63) is 59.7 Å². The Kier molecular flexibility index (Phi) is 16.5. The Morgan fingerprint density at radius 3 is 1.57 bits per heavy atom. The number of carbonyl (C=O) groups is 8. The number of likely N-dealkylation sites (tertiary alicyclic amines) is 2. The number of phenols is 2. The van der Waals surface area contributed by atoms with Crippen LogP contribution in [0, 0.1) is 0 Å². The minimum Gasteiger partial charge on any atom is -0.508 e. The van der Waals surface area contributed by atoms with Crippen molar-refractivity contribution < 1.29 is 63.9 Å². The van der Waals surface area contributed by atoms with Crippen molar-refractivity contribution in [2.75, 3.05) is 13.1 Å². The number of carboxylic acid groups (broad SMARTS) is 1. The highest BCUT2D eigenvalue weighted by Gasteiger charge is 2.41. The van der Waals surface area contributed by atoms with Gasteiger partial charge in [0.15, 0.2) is 0 Å². The van der Waals surface area contributed by atoms with Gasteiger partial charge in [-0.3, -0.25) is 33.6 Å². The van der Waals surface area contributed by atoms with E-state index in [1.54, 1.807) is 0 Å². The van der Waals surface area contributed by atoms with E-state index in [0.717, 1.165) is 9.80 Å². The lowest BCUT2D eigenvalue weighted by molar-refractivity contribution is -0.149. The van der Waals surface area contributed by atoms with Gasteiger partial charge in [-0.15, -0.1) is 0 Å². The smallest absolute Gasteiger partial charge is 0.326 e. The highest BCUT2D eigenvalue weighted by atomic mass is 16.4. The first-order chi connectivity index (χ1) is 28.8. The van der Waals surface area contributed by atoms with Crippen LogP contribution in [-0.4, -0.2) is 150 Å². The van der Waals surface area contributed by atoms with Gasteiger partial charge in [-0.25, -0.2) is 4.79 Å². The second-order valence-corrected chi connectivity index (χ2v) is 15.3. The highest BCUT2D eigenvalue weighted by molar-refractivity contribution is 5.98. The van der Waals surface area contributed by atoms with E-state index < -0.39 is 108 Å². The Labute approximate surface area is 350 Å². The van der Waals surface area contributed by atoms with Crippen LogP contribution >= 0.6 is 0 Å². The Morgan fingerprint density at radius 2 is 1.10 bits per heavy atom. The molecule has 0 aromatic heterocycles. The average Bonchev–Trinajstić information content (AvgIpc) is 3.90. The summed E-state index contributed by atoms with van der Waals surface area (Å²) in [7, 11) is 0. The maximum atomic E-state index is 14.1. The monoisotopic (exact) mass is 854 g/mol. The fraction of sp³-hybridized carbons (Fsp3) is 0.500. The van der Waals surface area contributed by atoms with Crippen LogP contribution in [0.3, 0.4) is 0 Å². The van der Waals surface area contributed by atoms with Gasteiger partial charge in [0.25, 0.3) is 0 Å². The number of phenolic OH excluding ortho intramolecular Hbond substituents is 2. The summed E-state index contributed by atoms with van der Waals surface area (Å²) in [6.07, 6.45) is -2.91. The number of primary amides is 1. The first-order valence-electron chi connectivity index (χ1n) is 19.8. The van der Waals surface area contributed by atoms with Gasteiger partial charge in [0.2, 0.25) is 41.4 Å². The van der Waals surface area contributed by atoms with E-state index in [9.17, 15) is 63.9 Å². The molecule has 9 atom stereocenters. The molecule has 7 amide bonds. The van der Waals surface area contributed by atoms with Gasteiger partial charge >= 0.3 is 5.97 Å². The number of hydrogen-bond donors (Lipinski definition) is 11. The molecule has 0 spiro atoms. The molecule has 21 nitrogen and oxygen atoms in total. The Morgan fingerprint density at radius 1 is 0.656 bits per heavy atom. The fourth-order valence-corrected chi connectivity index (χ4v) is 7.29. The average molecular weight is 855 g/mol. The number of aromatic hydroxyl groups is 2. The lowest BCUT2D eigenvalue weighted by atomic mass is 10.0. The summed E-state index contributed by atoms with van der Waals surface area (Å²) < 4.78 is 0. The SMILES string of the molecule is CC(O)C(NC(=O)C(Cc1ccc(O)cc1)NC(=O)C(NC(=O)C1CCCN1C(=O)C(N)CC(N)=O)C(C)O)C(=O)NC(Cc1ccc(O)cc1)C(=O)N1CCCC1C(=O)O. The number of hydrogen-bond acceptors (Lipinski definition) is 13. The van der Waals surface area contributed by atoms with Crippen LogP contribution < -0.4 is 32.7 Å². The van der Waals surface area contributed by atoms with Crippen LogP contribution in [0.2, 0.25) is 0 Å². The molecule has 0 saturated carbocycles. The third kappa shape index (κ3) is 12.8. The van der Waals surface area contributed by atoms with Crippen molar-refractivity contribution in [3.63, 3.8) is 0 Å². The number of rotatable bonds is 19. The van der Waals surface area contributed by atoms with Crippen molar-refractivity contribution in [3.8, 4) is 11.5 Å². The number of amides is 7. The van der Waals surface area contributed by atoms with Gasteiger partial charge in [-0.05, 0) is 74.9 Å². The van der Waals surface area contributed by atoms with E-state index >= 15 is 0 Å². The summed E-state index contributed by atoms with van der Waals surface area (Å²) in [4.78, 5) is 108. The fourth-order valence-electron chi connectivity index (χ4n) is 7.29. The standard InChI is InChI=1S/C40H54N8O13/c1-20(49)32(37(57)44-28(18-23-9-13-25(52)14-10-23)39(59)48-16-4-6-30(48)40(60)61)45-34(54)27(17-22-7-11-24(51)12-8-22)43-36(56)33(21(2)50)46-35(55)29-5-3-15-47(29)38(58)26(41)19-31(42)53/h7-14,20-21,26-30,32-33,49-52H,3-6,15-19,41H2,1-2H3,(H2,42,53)(H,43,56)(H,44,57)(H,45,54)(H,46,55)(H,60,61). The molecule has 0 bridgehead atoms. The molecule has 0 aliphatic carbocycles. The molecule has 9 unspecified atom stereocenters. The van der Waals surface area contributed by atoms with Gasteiger partial charge < -0.3 is 68.1 Å². The van der Waals surface area contributed by atoms with Gasteiger partial charge in [0.1, 0.15) is 47.8 Å². The number of nitrogens with one attached hydrogen (secondary N) is 4. The molecule has 2 fully saturated rings. The largest absolute Gasteiger partial charge is 0.508 e. The number of carbonyl (C=O) groups excluding carboxylic acids is 7. The molecular weight excluding hydrogens is 800 g/mol. The number of aliphatic hydroxyl groups is 2. The van der Waals surface area contributed by atoms with Crippen LogP contribution in [0.25, 0.3) is 0 Å². The maximum Gasteiger partial charge on any atom is 0.326 e. The van der Waals surface area contributed by atoms with Gasteiger partial charge in [0.05, 0.1) is 24.7 Å². The van der Waals surface area contributed by atoms with Gasteiger partial charge in [-0.1, -0.05) is 24.3 Å². The summed E-state index contributed by atoms with van der Waals surface area (Å²) in [6, 6.07) is 1.29. The first-order valence-corrected chi connectivity index (χ1v) is 19.8. The second-order valence-electron chi connectivity index (χ2n) is 15.3. The summed E-state index contributed by atoms with van der Waals surface area (Å²) in [5.74, 6) is -7.62. The Bertz CT molecular complexity index is 1930. The third-order valence-corrected chi connectivity index (χ3v) is 10.5. The molecular formula is C40H54N8O13. The zero-order valence-corrected chi connectivity index (χ0v) is 33.7. The molecule has 21 heteroatoms. The number of carboxylic acids is 1. The third-order valence-electron chi connectivity index (χ3n) is 10.5. The van der Waals surface area contributed by atoms with E-state index in [-0.39, 0.29) is 50.3 Å². The van der Waals surface area contributed by atoms with E-state index in [1.165, 1.54) is 62.4 Å². The highest BCUT2D eigenvalue weighted by Crippen LogP contribution is 2.22. The molecule has 2 aliphatic heterocycles. The molecule has 61 heavy (non-hydrogen) atoms. The molecule has 0 radical (unpaired) electrons. The van der Waals surface area contributed by atoms with Gasteiger partial charge in [-0.2, -0.15) is 0 Å². The van der Waals surface area contributed by atoms with E-state index in [2.05, 4.69) is 21.3 Å². The Balaban J connectivity index is 1.56. The lowest BCUT2D eigenvalue weighted by Gasteiger charge is -2.31.